The van der Waals surface area contributed by atoms with Gasteiger partial charge in [0.25, 0.3) is 5.79 Å². The fourth-order valence-electron chi connectivity index (χ4n) is 11.9. The average Bonchev–Trinajstić information content (AvgIpc) is 1.79. The molecule has 520 valence electrons. The van der Waals surface area contributed by atoms with Gasteiger partial charge in [0.15, 0.2) is 12.6 Å². The van der Waals surface area contributed by atoms with Crippen molar-refractivity contribution in [3.63, 3.8) is 0 Å². The third-order valence-electron chi connectivity index (χ3n) is 17.4. The van der Waals surface area contributed by atoms with Crippen molar-refractivity contribution < 1.29 is 104 Å². The highest BCUT2D eigenvalue weighted by molar-refractivity contribution is 5.77. The lowest BCUT2D eigenvalue weighted by atomic mass is 9.88. The van der Waals surface area contributed by atoms with Crippen molar-refractivity contribution in [1.82, 2.24) is 10.6 Å². The Balaban J connectivity index is 1.52. The highest BCUT2D eigenvalue weighted by atomic mass is 16.8. The van der Waals surface area contributed by atoms with Gasteiger partial charge in [0.05, 0.1) is 50.7 Å². The summed E-state index contributed by atoms with van der Waals surface area (Å²) < 4.78 is 34.7. The number of amides is 2. The molecule has 0 aromatic carbocycles. The van der Waals surface area contributed by atoms with Crippen molar-refractivity contribution in [2.45, 2.75) is 349 Å². The molecular weight excluding hydrogens is 1160 g/mol. The minimum absolute atomic E-state index is 0.199. The number of hydrogen-bond donors (Lipinski definition) is 14. The molecule has 0 saturated carbocycles. The quantitative estimate of drug-likeness (QED) is 0.0257. The molecule has 3 aliphatic heterocycles. The number of aliphatic hydroxyl groups is 11. The molecule has 3 rings (SSSR count). The number of aliphatic hydroxyl groups excluding tert-OH is 11. The number of unbranched alkanes of at least 4 members (excludes halogenated alkanes) is 29. The number of carboxylic acids is 1. The number of carbonyl (C=O) groups excluding carboxylic acids is 2. The van der Waals surface area contributed by atoms with Crippen molar-refractivity contribution >= 4 is 17.8 Å². The molecule has 18 unspecified atom stereocenters. The molecule has 3 fully saturated rings. The van der Waals surface area contributed by atoms with Gasteiger partial charge in [-0.3, -0.25) is 9.59 Å². The van der Waals surface area contributed by atoms with Crippen LogP contribution in [0.5, 0.6) is 0 Å². The highest BCUT2D eigenvalue weighted by Crippen LogP contribution is 2.39. The first-order chi connectivity index (χ1) is 42.9. The van der Waals surface area contributed by atoms with E-state index in [0.717, 1.165) is 71.1 Å². The molecule has 3 saturated heterocycles. The molecule has 2 amide bonds. The van der Waals surface area contributed by atoms with E-state index < -0.39 is 155 Å². The van der Waals surface area contributed by atoms with Crippen LogP contribution in [0.25, 0.3) is 0 Å². The van der Waals surface area contributed by atoms with Crippen LogP contribution >= 0.6 is 0 Å². The molecule has 0 aromatic heterocycles. The Morgan fingerprint density at radius 3 is 1.53 bits per heavy atom. The highest BCUT2D eigenvalue weighted by Gasteiger charge is 2.60. The Kier molecular flexibility index (Phi) is 42.6. The van der Waals surface area contributed by atoms with E-state index in [-0.39, 0.29) is 12.3 Å². The summed E-state index contributed by atoms with van der Waals surface area (Å²) in [7, 11) is 0. The van der Waals surface area contributed by atoms with E-state index in [1.54, 1.807) is 6.08 Å². The Labute approximate surface area is 530 Å². The van der Waals surface area contributed by atoms with Gasteiger partial charge in [-0.1, -0.05) is 199 Å². The van der Waals surface area contributed by atoms with E-state index in [2.05, 4.69) is 36.6 Å². The number of nitrogens with one attached hydrogen (secondary N) is 2. The van der Waals surface area contributed by atoms with Crippen molar-refractivity contribution in [3.05, 3.63) is 24.3 Å². The van der Waals surface area contributed by atoms with E-state index in [4.69, 9.17) is 28.4 Å². The zero-order chi connectivity index (χ0) is 65.4. The number of carboxylic acid groups (broad SMARTS) is 1. The molecule has 18 atom stereocenters. The number of carbonyl (C=O) groups is 3. The van der Waals surface area contributed by atoms with Gasteiger partial charge < -0.3 is 100 Å². The van der Waals surface area contributed by atoms with Crippen LogP contribution in [0.1, 0.15) is 239 Å². The summed E-state index contributed by atoms with van der Waals surface area (Å²) in [6.07, 6.45) is 17.0. The number of allylic oxidation sites excluding steroid dienone is 3. The van der Waals surface area contributed by atoms with E-state index >= 15 is 0 Å². The Bertz CT molecular complexity index is 1900. The van der Waals surface area contributed by atoms with Crippen LogP contribution in [0.15, 0.2) is 24.3 Å². The van der Waals surface area contributed by atoms with Crippen LogP contribution in [0, 0.1) is 0 Å². The van der Waals surface area contributed by atoms with Gasteiger partial charge in [-0.2, -0.15) is 0 Å². The lowest BCUT2D eigenvalue weighted by molar-refractivity contribution is -0.386. The molecule has 3 heterocycles. The number of rotatable bonds is 51. The average molecular weight is 1280 g/mol. The molecule has 23 nitrogen and oxygen atoms in total. The molecule has 3 aliphatic rings. The summed E-state index contributed by atoms with van der Waals surface area (Å²) >= 11 is 0. The number of ether oxygens (including phenoxy) is 6. The van der Waals surface area contributed by atoms with E-state index in [9.17, 15) is 75.7 Å². The van der Waals surface area contributed by atoms with Crippen LogP contribution in [-0.2, 0) is 42.8 Å². The molecule has 23 heteroatoms. The van der Waals surface area contributed by atoms with Crippen LogP contribution in [0.3, 0.4) is 0 Å². The summed E-state index contributed by atoms with van der Waals surface area (Å²) in [5.74, 6) is -6.15. The molecule has 0 aromatic rings. The standard InChI is InChI=1S/C66H120N2O21/c1-4-6-8-10-12-14-15-16-17-18-19-20-21-22-23-24-25-26-27-28-29-30-32-34-36-38-40-53(76)68-47(48(73)39-37-35-33-31-13-11-9-7-5-2)45-84-63-58(80)57(79)60(52(44-71)86-63)87-64-59(81)62(56(78)51(43-70)85-64)89-66(65(82)83)41-49(74)54(67-46(3)72)61(88-66)55(77)50(75)42-69/h22-23,37,39,47-52,54-64,69-71,73-75,77-81H,4-21,24-36,38,40-45H2,1-3H3,(H,67,72)(H,68,76)(H,82,83)/b23-22-,39-37+. The van der Waals surface area contributed by atoms with Gasteiger partial charge in [-0.15, -0.1) is 0 Å². The summed E-state index contributed by atoms with van der Waals surface area (Å²) in [4.78, 5) is 38.4. The molecule has 0 bridgehead atoms. The lowest BCUT2D eigenvalue weighted by Gasteiger charge is -2.50. The predicted molar refractivity (Wildman–Crippen MR) is 334 cm³/mol. The Morgan fingerprint density at radius 2 is 1.06 bits per heavy atom. The largest absolute Gasteiger partial charge is 0.477 e. The maximum Gasteiger partial charge on any atom is 0.364 e. The van der Waals surface area contributed by atoms with E-state index in [1.165, 1.54) is 128 Å². The van der Waals surface area contributed by atoms with Crippen LogP contribution in [0.4, 0.5) is 0 Å². The Hall–Kier alpha value is -2.79. The molecule has 89 heavy (non-hydrogen) atoms. The minimum Gasteiger partial charge on any atom is -0.477 e. The Morgan fingerprint density at radius 1 is 0.584 bits per heavy atom. The maximum absolute atomic E-state index is 13.4. The zero-order valence-electron chi connectivity index (χ0n) is 54.0. The van der Waals surface area contributed by atoms with Crippen molar-refractivity contribution in [3.8, 4) is 0 Å². The molecular formula is C66H120N2O21. The summed E-state index contributed by atoms with van der Waals surface area (Å²) in [5, 5.41) is 136. The second-order valence-corrected chi connectivity index (χ2v) is 25.0. The summed E-state index contributed by atoms with van der Waals surface area (Å²) in [6, 6.07) is -2.62. The maximum atomic E-state index is 13.4. The monoisotopic (exact) mass is 1280 g/mol. The molecule has 0 spiro atoms. The van der Waals surface area contributed by atoms with E-state index in [1.807, 2.05) is 6.08 Å². The van der Waals surface area contributed by atoms with Gasteiger partial charge in [-0.25, -0.2) is 4.79 Å². The smallest absolute Gasteiger partial charge is 0.364 e. The van der Waals surface area contributed by atoms with Crippen LogP contribution in [0.2, 0.25) is 0 Å². The molecule has 0 aliphatic carbocycles. The first kappa shape index (κ1) is 80.4. The topological polar surface area (TPSA) is 373 Å². The number of aliphatic carboxylic acids is 1. The molecule has 14 N–H and O–H groups in total. The van der Waals surface area contributed by atoms with Crippen molar-refractivity contribution in [1.29, 1.82) is 0 Å². The normalized spacial score (nSPS) is 28.9. The first-order valence-electron chi connectivity index (χ1n) is 34.2. The number of hydrogen-bond acceptors (Lipinski definition) is 20. The predicted octanol–water partition coefficient (Wildman–Crippen LogP) is 5.67. The fraction of sp³-hybridized carbons (Fsp3) is 0.894. The summed E-state index contributed by atoms with van der Waals surface area (Å²) in [5.41, 5.74) is 0. The van der Waals surface area contributed by atoms with Crippen LogP contribution in [-0.4, -0.2) is 215 Å². The van der Waals surface area contributed by atoms with Crippen LogP contribution < -0.4 is 10.6 Å². The fourth-order valence-corrected chi connectivity index (χ4v) is 11.9. The van der Waals surface area contributed by atoms with Gasteiger partial charge in [0.1, 0.15) is 67.1 Å². The van der Waals surface area contributed by atoms with E-state index in [0.29, 0.717) is 12.8 Å². The third kappa shape index (κ3) is 30.0. The zero-order valence-corrected chi connectivity index (χ0v) is 54.0. The van der Waals surface area contributed by atoms with Gasteiger partial charge in [0.2, 0.25) is 11.8 Å². The van der Waals surface area contributed by atoms with Gasteiger partial charge in [0, 0.05) is 19.8 Å². The second-order valence-electron chi connectivity index (χ2n) is 25.0. The SMILES string of the molecule is CCCCCCCCC/C=C/C(O)C(COC1OC(CO)C(OC2OC(CO)C(O)C(OC3(C(=O)O)CC(O)C(NC(C)=O)C(C(O)C(O)CO)O3)C2O)C(O)C1O)NC(=O)CCCCCCCCCCCC/C=C\CCCCCCCCCCCCCC. The first-order valence-corrected chi connectivity index (χ1v) is 34.2. The third-order valence-corrected chi connectivity index (χ3v) is 17.4. The summed E-state index contributed by atoms with van der Waals surface area (Å²) in [6.45, 7) is 2.08. The van der Waals surface area contributed by atoms with Gasteiger partial charge in [-0.05, 0) is 44.9 Å². The van der Waals surface area contributed by atoms with Crippen molar-refractivity contribution in [2.75, 3.05) is 26.4 Å². The lowest BCUT2D eigenvalue weighted by Crippen LogP contribution is -2.70. The van der Waals surface area contributed by atoms with Gasteiger partial charge >= 0.3 is 5.97 Å². The van der Waals surface area contributed by atoms with Crippen molar-refractivity contribution in [2.24, 2.45) is 0 Å². The molecule has 0 radical (unpaired) electrons. The minimum atomic E-state index is -3.08. The second kappa shape index (κ2) is 47.1.